The molecular weight excluding hydrogens is 415 g/mol. The van der Waals surface area contributed by atoms with Crippen LogP contribution in [0, 0.1) is 13.8 Å². The van der Waals surface area contributed by atoms with Crippen LogP contribution >= 0.6 is 24.0 Å². The Morgan fingerprint density at radius 1 is 1.25 bits per heavy atom. The second-order valence-corrected chi connectivity index (χ2v) is 5.42. The van der Waals surface area contributed by atoms with Gasteiger partial charge in [-0.15, -0.1) is 24.0 Å². The molecule has 2 rings (SSSR count). The van der Waals surface area contributed by atoms with Crippen LogP contribution in [0.15, 0.2) is 35.5 Å². The quantitative estimate of drug-likeness (QED) is 0.422. The fourth-order valence-corrected chi connectivity index (χ4v) is 2.40. The van der Waals surface area contributed by atoms with Gasteiger partial charge in [-0.3, -0.25) is 4.98 Å². The molecule has 5 nitrogen and oxygen atoms in total. The maximum Gasteiger partial charge on any atom is 0.193 e. The molecule has 24 heavy (non-hydrogen) atoms. The van der Waals surface area contributed by atoms with Crippen molar-refractivity contribution < 1.29 is 4.74 Å². The number of rotatable bonds is 5. The van der Waals surface area contributed by atoms with Gasteiger partial charge in [0, 0.05) is 23.0 Å². The molecule has 0 aliphatic carbocycles. The van der Waals surface area contributed by atoms with Gasteiger partial charge in [-0.1, -0.05) is 19.1 Å². The van der Waals surface area contributed by atoms with E-state index in [1.807, 2.05) is 26.0 Å². The minimum Gasteiger partial charge on any atom is -0.496 e. The van der Waals surface area contributed by atoms with E-state index in [-0.39, 0.29) is 24.0 Å². The number of methoxy groups -OCH3 is 1. The van der Waals surface area contributed by atoms with E-state index in [4.69, 9.17) is 10.5 Å². The van der Waals surface area contributed by atoms with Crippen molar-refractivity contribution in [3.05, 3.63) is 52.8 Å². The van der Waals surface area contributed by atoms with Gasteiger partial charge in [-0.05, 0) is 38.0 Å². The van der Waals surface area contributed by atoms with Gasteiger partial charge in [0.15, 0.2) is 5.96 Å². The van der Waals surface area contributed by atoms with Gasteiger partial charge in [0.25, 0.3) is 0 Å². The van der Waals surface area contributed by atoms with Gasteiger partial charge in [0.1, 0.15) is 5.75 Å². The number of ether oxygens (including phenoxy) is 1. The second-order valence-electron chi connectivity index (χ2n) is 5.42. The molecule has 0 bridgehead atoms. The van der Waals surface area contributed by atoms with Crippen molar-refractivity contribution in [3.63, 3.8) is 0 Å². The number of anilines is 1. The minimum absolute atomic E-state index is 0. The molecule has 6 heteroatoms. The van der Waals surface area contributed by atoms with E-state index >= 15 is 0 Å². The average molecular weight is 440 g/mol. The molecule has 0 aliphatic rings. The zero-order valence-electron chi connectivity index (χ0n) is 14.6. The maximum atomic E-state index is 5.95. The Bertz CT molecular complexity index is 699. The molecule has 0 radical (unpaired) electrons. The lowest BCUT2D eigenvalue weighted by Crippen LogP contribution is -2.22. The Morgan fingerprint density at radius 2 is 1.92 bits per heavy atom. The minimum atomic E-state index is 0. The van der Waals surface area contributed by atoms with Crippen LogP contribution in [0.25, 0.3) is 0 Å². The fourth-order valence-electron chi connectivity index (χ4n) is 2.40. The van der Waals surface area contributed by atoms with E-state index in [1.54, 1.807) is 13.3 Å². The monoisotopic (exact) mass is 440 g/mol. The Morgan fingerprint density at radius 3 is 2.50 bits per heavy atom. The molecule has 0 saturated heterocycles. The van der Waals surface area contributed by atoms with Crippen LogP contribution in [-0.2, 0) is 13.0 Å². The first-order valence-electron chi connectivity index (χ1n) is 7.70. The largest absolute Gasteiger partial charge is 0.496 e. The summed E-state index contributed by atoms with van der Waals surface area (Å²) in [5.41, 5.74) is 11.0. The van der Waals surface area contributed by atoms with Gasteiger partial charge in [0.2, 0.25) is 0 Å². The standard InChI is InChI=1S/C18H24N4O.HI/c1-5-14-6-8-15(9-7-14)22-18(19)21-11-16-13(3)17(23-4)12(2)10-20-16;/h6-10H,5,11H2,1-4H3,(H3,19,21,22);1H. The van der Waals surface area contributed by atoms with E-state index in [9.17, 15) is 0 Å². The molecule has 1 aromatic heterocycles. The number of aryl methyl sites for hydroxylation is 2. The SMILES string of the molecule is CCc1ccc(NC(N)=NCc2ncc(C)c(OC)c2C)cc1.I. The van der Waals surface area contributed by atoms with E-state index in [0.29, 0.717) is 12.5 Å². The predicted molar refractivity (Wildman–Crippen MR) is 110 cm³/mol. The van der Waals surface area contributed by atoms with E-state index in [0.717, 1.165) is 34.7 Å². The molecule has 0 spiro atoms. The summed E-state index contributed by atoms with van der Waals surface area (Å²) in [6.07, 6.45) is 2.81. The lowest BCUT2D eigenvalue weighted by molar-refractivity contribution is 0.407. The number of aromatic nitrogens is 1. The number of guanidine groups is 1. The van der Waals surface area contributed by atoms with Crippen molar-refractivity contribution in [2.75, 3.05) is 12.4 Å². The molecule has 2 aromatic rings. The highest BCUT2D eigenvalue weighted by atomic mass is 127. The number of nitrogens with one attached hydrogen (secondary N) is 1. The molecule has 0 amide bonds. The number of aliphatic imine (C=N–C) groups is 1. The summed E-state index contributed by atoms with van der Waals surface area (Å²) >= 11 is 0. The van der Waals surface area contributed by atoms with Crippen LogP contribution in [0.4, 0.5) is 5.69 Å². The predicted octanol–water partition coefficient (Wildman–Crippen LogP) is 3.81. The third-order valence-electron chi connectivity index (χ3n) is 3.78. The van der Waals surface area contributed by atoms with Crippen molar-refractivity contribution in [1.29, 1.82) is 0 Å². The number of pyridine rings is 1. The summed E-state index contributed by atoms with van der Waals surface area (Å²) < 4.78 is 5.41. The molecule has 1 heterocycles. The van der Waals surface area contributed by atoms with Crippen LogP contribution < -0.4 is 15.8 Å². The lowest BCUT2D eigenvalue weighted by Gasteiger charge is -2.11. The van der Waals surface area contributed by atoms with Gasteiger partial charge in [-0.25, -0.2) is 4.99 Å². The highest BCUT2D eigenvalue weighted by Gasteiger charge is 2.09. The number of hydrogen-bond donors (Lipinski definition) is 2. The van der Waals surface area contributed by atoms with E-state index in [2.05, 4.69) is 34.3 Å². The summed E-state index contributed by atoms with van der Waals surface area (Å²) in [5.74, 6) is 1.22. The van der Waals surface area contributed by atoms with Crippen LogP contribution in [0.3, 0.4) is 0 Å². The topological polar surface area (TPSA) is 72.5 Å². The molecule has 0 fully saturated rings. The van der Waals surface area contributed by atoms with Gasteiger partial charge in [0.05, 0.1) is 19.3 Å². The summed E-state index contributed by atoms with van der Waals surface area (Å²) in [4.78, 5) is 8.78. The highest BCUT2D eigenvalue weighted by molar-refractivity contribution is 14.0. The summed E-state index contributed by atoms with van der Waals surface area (Å²) in [6.45, 7) is 6.50. The smallest absolute Gasteiger partial charge is 0.193 e. The third kappa shape index (κ3) is 5.09. The van der Waals surface area contributed by atoms with Crippen LogP contribution in [0.2, 0.25) is 0 Å². The average Bonchev–Trinajstić information content (AvgIpc) is 2.55. The van der Waals surface area contributed by atoms with Crippen LogP contribution in [0.5, 0.6) is 5.75 Å². The number of nitrogens with two attached hydrogens (primary N) is 1. The van der Waals surface area contributed by atoms with Gasteiger partial charge in [-0.2, -0.15) is 0 Å². The van der Waals surface area contributed by atoms with E-state index < -0.39 is 0 Å². The molecule has 0 aliphatic heterocycles. The summed E-state index contributed by atoms with van der Waals surface area (Å²) in [7, 11) is 1.66. The van der Waals surface area contributed by atoms with Gasteiger partial charge < -0.3 is 15.8 Å². The van der Waals surface area contributed by atoms with Crippen molar-refractivity contribution in [1.82, 2.24) is 4.98 Å². The van der Waals surface area contributed by atoms with Gasteiger partial charge >= 0.3 is 0 Å². The maximum absolute atomic E-state index is 5.95. The molecular formula is C18H25IN4O. The first kappa shape index (κ1) is 20.2. The third-order valence-corrected chi connectivity index (χ3v) is 3.78. The Labute approximate surface area is 160 Å². The van der Waals surface area contributed by atoms with Crippen molar-refractivity contribution in [2.45, 2.75) is 33.7 Å². The molecule has 0 saturated carbocycles. The zero-order valence-corrected chi connectivity index (χ0v) is 16.9. The normalized spacial score (nSPS) is 10.9. The first-order chi connectivity index (χ1) is 11.0. The zero-order chi connectivity index (χ0) is 16.8. The molecule has 0 atom stereocenters. The second kappa shape index (κ2) is 9.46. The van der Waals surface area contributed by atoms with Crippen molar-refractivity contribution in [2.24, 2.45) is 10.7 Å². The number of nitrogens with zero attached hydrogens (tertiary/aromatic N) is 2. The van der Waals surface area contributed by atoms with Crippen LogP contribution in [0.1, 0.15) is 29.3 Å². The Kier molecular flexibility index (Phi) is 7.97. The number of benzene rings is 1. The molecule has 130 valence electrons. The molecule has 0 unspecified atom stereocenters. The van der Waals surface area contributed by atoms with E-state index in [1.165, 1.54) is 5.56 Å². The number of hydrogen-bond acceptors (Lipinski definition) is 3. The fraction of sp³-hybridized carbons (Fsp3) is 0.333. The Balaban J connectivity index is 0.00000288. The highest BCUT2D eigenvalue weighted by Crippen LogP contribution is 2.24. The first-order valence-corrected chi connectivity index (χ1v) is 7.70. The lowest BCUT2D eigenvalue weighted by atomic mass is 10.1. The molecule has 1 aromatic carbocycles. The Hall–Kier alpha value is -1.83. The summed E-state index contributed by atoms with van der Waals surface area (Å²) in [6, 6.07) is 8.15. The van der Waals surface area contributed by atoms with Crippen molar-refractivity contribution >= 4 is 35.6 Å². The molecule has 3 N–H and O–H groups in total. The van der Waals surface area contributed by atoms with Crippen molar-refractivity contribution in [3.8, 4) is 5.75 Å². The van der Waals surface area contributed by atoms with Crippen LogP contribution in [-0.4, -0.2) is 18.1 Å². The number of halogens is 1. The summed E-state index contributed by atoms with van der Waals surface area (Å²) in [5, 5.41) is 3.09.